The van der Waals surface area contributed by atoms with Crippen LogP contribution >= 0.6 is 0 Å². The fourth-order valence-electron chi connectivity index (χ4n) is 0.838. The van der Waals surface area contributed by atoms with Gasteiger partial charge in [-0.3, -0.25) is 0 Å². The molecule has 0 atom stereocenters. The fourth-order valence-corrected chi connectivity index (χ4v) is 0.838. The lowest BCUT2D eigenvalue weighted by atomic mass is 9.88. The molecule has 1 aliphatic carbocycles. The summed E-state index contributed by atoms with van der Waals surface area (Å²) >= 11 is 0. The summed E-state index contributed by atoms with van der Waals surface area (Å²) in [5, 5.41) is 0. The Morgan fingerprint density at radius 1 is 1.22 bits per heavy atom. The molecule has 0 aromatic carbocycles. The van der Waals surface area contributed by atoms with E-state index < -0.39 is 0 Å². The van der Waals surface area contributed by atoms with Gasteiger partial charge in [-0.05, 0) is 0 Å². The maximum absolute atomic E-state index is 5.58. The van der Waals surface area contributed by atoms with Gasteiger partial charge in [-0.25, -0.2) is 0 Å². The van der Waals surface area contributed by atoms with Crippen LogP contribution in [-0.2, 0) is 0 Å². The number of hydrogen-bond donors (Lipinski definition) is 1. The van der Waals surface area contributed by atoms with Gasteiger partial charge in [0.25, 0.3) is 0 Å². The molecule has 1 heteroatoms. The quantitative estimate of drug-likeness (QED) is 0.485. The van der Waals surface area contributed by atoms with E-state index in [1.165, 1.54) is 0 Å². The summed E-state index contributed by atoms with van der Waals surface area (Å²) in [7, 11) is 0. The van der Waals surface area contributed by atoms with E-state index in [9.17, 15) is 0 Å². The molecule has 1 aliphatic rings. The zero-order valence-corrected chi connectivity index (χ0v) is 5.96. The van der Waals surface area contributed by atoms with Gasteiger partial charge in [0.15, 0.2) is 0 Å². The van der Waals surface area contributed by atoms with Crippen LogP contribution in [0.1, 0.15) is 13.8 Å². The van der Waals surface area contributed by atoms with E-state index in [1.807, 2.05) is 12.2 Å². The lowest BCUT2D eigenvalue weighted by Gasteiger charge is -2.19. The summed E-state index contributed by atoms with van der Waals surface area (Å²) in [5.74, 6) is 0. The fraction of sp³-hybridized carbons (Fsp3) is 0.500. The van der Waals surface area contributed by atoms with Crippen molar-refractivity contribution >= 4 is 0 Å². The first-order valence-corrected chi connectivity index (χ1v) is 3.24. The Hall–Kier alpha value is -0.560. The molecule has 1 nitrogen and oxygen atoms in total. The SMILES string of the molecule is CC1(C)C=CC(N)C=C1. The third-order valence-electron chi connectivity index (χ3n) is 1.50. The highest BCUT2D eigenvalue weighted by molar-refractivity contribution is 5.19. The first-order valence-electron chi connectivity index (χ1n) is 3.24. The molecule has 1 rings (SSSR count). The lowest BCUT2D eigenvalue weighted by Crippen LogP contribution is -2.19. The molecule has 0 radical (unpaired) electrons. The molecule has 9 heavy (non-hydrogen) atoms. The van der Waals surface area contributed by atoms with Crippen LogP contribution in [0.2, 0.25) is 0 Å². The first-order chi connectivity index (χ1) is 4.10. The van der Waals surface area contributed by atoms with Crippen molar-refractivity contribution in [3.8, 4) is 0 Å². The largest absolute Gasteiger partial charge is 0.321 e. The number of nitrogens with two attached hydrogens (primary N) is 1. The molecule has 0 amide bonds. The molecule has 0 saturated carbocycles. The predicted octanol–water partition coefficient (Wildman–Crippen LogP) is 1.47. The third kappa shape index (κ3) is 1.68. The van der Waals surface area contributed by atoms with Crippen LogP contribution in [0.3, 0.4) is 0 Å². The van der Waals surface area contributed by atoms with Crippen LogP contribution in [-0.4, -0.2) is 6.04 Å². The van der Waals surface area contributed by atoms with E-state index in [-0.39, 0.29) is 11.5 Å². The average molecular weight is 123 g/mol. The molecule has 0 aliphatic heterocycles. The Balaban J connectivity index is 2.70. The minimum absolute atomic E-state index is 0.137. The standard InChI is InChI=1S/C8H13N/c1-8(2)5-3-7(9)4-6-8/h3-7H,9H2,1-2H3. The van der Waals surface area contributed by atoms with Gasteiger partial charge in [-0.2, -0.15) is 0 Å². The molecule has 0 bridgehead atoms. The normalized spacial score (nSPS) is 24.8. The minimum Gasteiger partial charge on any atom is -0.321 e. The van der Waals surface area contributed by atoms with Crippen LogP contribution < -0.4 is 5.73 Å². The molecule has 0 aromatic heterocycles. The summed E-state index contributed by atoms with van der Waals surface area (Å²) in [4.78, 5) is 0. The smallest absolute Gasteiger partial charge is 0.0411 e. The molecular weight excluding hydrogens is 110 g/mol. The lowest BCUT2D eigenvalue weighted by molar-refractivity contribution is 0.608. The van der Waals surface area contributed by atoms with Crippen molar-refractivity contribution in [2.45, 2.75) is 19.9 Å². The van der Waals surface area contributed by atoms with E-state index in [4.69, 9.17) is 5.73 Å². The van der Waals surface area contributed by atoms with Gasteiger partial charge < -0.3 is 5.73 Å². The summed E-state index contributed by atoms with van der Waals surface area (Å²) in [6.45, 7) is 4.32. The Bertz CT molecular complexity index is 138. The van der Waals surface area contributed by atoms with Gasteiger partial charge in [0.1, 0.15) is 0 Å². The summed E-state index contributed by atoms with van der Waals surface area (Å²) in [6.07, 6.45) is 8.33. The molecular formula is C8H13N. The van der Waals surface area contributed by atoms with Crippen molar-refractivity contribution in [2.24, 2.45) is 11.1 Å². The molecule has 2 N–H and O–H groups in total. The molecule has 0 aromatic rings. The number of rotatable bonds is 0. The monoisotopic (exact) mass is 123 g/mol. The van der Waals surface area contributed by atoms with Crippen LogP contribution in [0.5, 0.6) is 0 Å². The van der Waals surface area contributed by atoms with E-state index in [0.717, 1.165) is 0 Å². The second kappa shape index (κ2) is 1.99. The maximum atomic E-state index is 5.58. The molecule has 0 heterocycles. The van der Waals surface area contributed by atoms with E-state index in [1.54, 1.807) is 0 Å². The summed E-state index contributed by atoms with van der Waals surface area (Å²) < 4.78 is 0. The topological polar surface area (TPSA) is 26.0 Å². The minimum atomic E-state index is 0.137. The van der Waals surface area contributed by atoms with Gasteiger partial charge in [0, 0.05) is 11.5 Å². The molecule has 0 saturated heterocycles. The molecule has 0 fully saturated rings. The van der Waals surface area contributed by atoms with Crippen molar-refractivity contribution in [3.63, 3.8) is 0 Å². The van der Waals surface area contributed by atoms with E-state index in [0.29, 0.717) is 0 Å². The average Bonchev–Trinajstić information content (AvgIpc) is 1.78. The van der Waals surface area contributed by atoms with Crippen molar-refractivity contribution in [2.75, 3.05) is 0 Å². The zero-order valence-electron chi connectivity index (χ0n) is 5.96. The Labute approximate surface area is 56.2 Å². The van der Waals surface area contributed by atoms with Gasteiger partial charge in [-0.1, -0.05) is 38.2 Å². The number of allylic oxidation sites excluding steroid dienone is 2. The Morgan fingerprint density at radius 2 is 1.67 bits per heavy atom. The summed E-state index contributed by atoms with van der Waals surface area (Å²) in [5.41, 5.74) is 5.80. The van der Waals surface area contributed by atoms with Crippen LogP contribution in [0.25, 0.3) is 0 Å². The van der Waals surface area contributed by atoms with Gasteiger partial charge in [0.05, 0.1) is 0 Å². The van der Waals surface area contributed by atoms with Crippen LogP contribution in [0.15, 0.2) is 24.3 Å². The Kier molecular flexibility index (Phi) is 1.45. The molecule has 50 valence electrons. The van der Waals surface area contributed by atoms with Gasteiger partial charge in [0.2, 0.25) is 0 Å². The van der Waals surface area contributed by atoms with Crippen molar-refractivity contribution in [3.05, 3.63) is 24.3 Å². The second-order valence-electron chi connectivity index (χ2n) is 3.12. The van der Waals surface area contributed by atoms with Crippen molar-refractivity contribution < 1.29 is 0 Å². The highest BCUT2D eigenvalue weighted by Crippen LogP contribution is 2.22. The van der Waals surface area contributed by atoms with E-state index in [2.05, 4.69) is 26.0 Å². The first kappa shape index (κ1) is 6.56. The van der Waals surface area contributed by atoms with Crippen molar-refractivity contribution in [1.82, 2.24) is 0 Å². The van der Waals surface area contributed by atoms with Crippen molar-refractivity contribution in [1.29, 1.82) is 0 Å². The predicted molar refractivity (Wildman–Crippen MR) is 40.0 cm³/mol. The highest BCUT2D eigenvalue weighted by Gasteiger charge is 2.12. The molecule has 0 unspecified atom stereocenters. The zero-order chi connectivity index (χ0) is 6.91. The van der Waals surface area contributed by atoms with E-state index >= 15 is 0 Å². The second-order valence-corrected chi connectivity index (χ2v) is 3.12. The van der Waals surface area contributed by atoms with Gasteiger partial charge >= 0.3 is 0 Å². The van der Waals surface area contributed by atoms with Gasteiger partial charge in [-0.15, -0.1) is 0 Å². The van der Waals surface area contributed by atoms with Crippen LogP contribution in [0, 0.1) is 5.41 Å². The third-order valence-corrected chi connectivity index (χ3v) is 1.50. The Morgan fingerprint density at radius 3 is 2.00 bits per heavy atom. The number of hydrogen-bond acceptors (Lipinski definition) is 1. The summed E-state index contributed by atoms with van der Waals surface area (Å²) in [6, 6.07) is 0.137. The maximum Gasteiger partial charge on any atom is 0.0411 e. The highest BCUT2D eigenvalue weighted by atomic mass is 14.6. The molecule has 0 spiro atoms. The van der Waals surface area contributed by atoms with Crippen LogP contribution in [0.4, 0.5) is 0 Å².